The Labute approximate surface area is 83.3 Å². The molecule has 1 atom stereocenters. The van der Waals surface area contributed by atoms with Gasteiger partial charge in [-0.2, -0.15) is 0 Å². The van der Waals surface area contributed by atoms with Gasteiger partial charge in [0.05, 0.1) is 0 Å². The fourth-order valence-electron chi connectivity index (χ4n) is 1.98. The zero-order chi connectivity index (χ0) is 9.97. The Hall–Kier alpha value is -1.09. The molecule has 14 heavy (non-hydrogen) atoms. The van der Waals surface area contributed by atoms with E-state index in [1.807, 2.05) is 6.07 Å². The lowest BCUT2D eigenvalue weighted by molar-refractivity contribution is 0.500. The predicted octanol–water partition coefficient (Wildman–Crippen LogP) is 1.76. The Morgan fingerprint density at radius 1 is 1.50 bits per heavy atom. The van der Waals surface area contributed by atoms with E-state index in [2.05, 4.69) is 5.32 Å². The van der Waals surface area contributed by atoms with Crippen molar-refractivity contribution in [2.24, 2.45) is 11.7 Å². The van der Waals surface area contributed by atoms with Crippen molar-refractivity contribution in [3.05, 3.63) is 29.6 Å². The van der Waals surface area contributed by atoms with Gasteiger partial charge in [0.2, 0.25) is 0 Å². The number of rotatable bonds is 2. The zero-order valence-electron chi connectivity index (χ0n) is 8.09. The lowest BCUT2D eigenvalue weighted by Crippen LogP contribution is -2.25. The van der Waals surface area contributed by atoms with Crippen molar-refractivity contribution < 1.29 is 4.39 Å². The van der Waals surface area contributed by atoms with Crippen molar-refractivity contribution in [3.63, 3.8) is 0 Å². The molecule has 2 nitrogen and oxygen atoms in total. The fraction of sp³-hybridized carbons (Fsp3) is 0.455. The third kappa shape index (κ3) is 1.87. The van der Waals surface area contributed by atoms with E-state index < -0.39 is 0 Å². The van der Waals surface area contributed by atoms with Gasteiger partial charge in [-0.3, -0.25) is 0 Å². The van der Waals surface area contributed by atoms with Gasteiger partial charge >= 0.3 is 0 Å². The van der Waals surface area contributed by atoms with Crippen LogP contribution in [-0.2, 0) is 6.42 Å². The highest BCUT2D eigenvalue weighted by Gasteiger charge is 2.17. The Morgan fingerprint density at radius 2 is 2.36 bits per heavy atom. The van der Waals surface area contributed by atoms with Crippen molar-refractivity contribution in [1.29, 1.82) is 0 Å². The molecule has 0 radical (unpaired) electrons. The topological polar surface area (TPSA) is 38.0 Å². The van der Waals surface area contributed by atoms with E-state index in [1.165, 1.54) is 6.07 Å². The van der Waals surface area contributed by atoms with E-state index in [-0.39, 0.29) is 5.82 Å². The average molecular weight is 194 g/mol. The first kappa shape index (κ1) is 9.46. The Kier molecular flexibility index (Phi) is 2.68. The number of fused-ring (bicyclic) bond motifs is 1. The first-order valence-electron chi connectivity index (χ1n) is 5.02. The van der Waals surface area contributed by atoms with Crippen molar-refractivity contribution in [3.8, 4) is 0 Å². The van der Waals surface area contributed by atoms with Gasteiger partial charge in [-0.05, 0) is 49.1 Å². The summed E-state index contributed by atoms with van der Waals surface area (Å²) in [4.78, 5) is 0. The van der Waals surface area contributed by atoms with E-state index in [0.29, 0.717) is 12.5 Å². The van der Waals surface area contributed by atoms with Crippen molar-refractivity contribution in [2.75, 3.05) is 18.4 Å². The minimum absolute atomic E-state index is 0.154. The highest BCUT2D eigenvalue weighted by molar-refractivity contribution is 5.53. The van der Waals surface area contributed by atoms with Crippen LogP contribution in [0, 0.1) is 11.7 Å². The van der Waals surface area contributed by atoms with Crippen LogP contribution in [0.5, 0.6) is 0 Å². The number of nitrogens with one attached hydrogen (secondary N) is 1. The van der Waals surface area contributed by atoms with Gasteiger partial charge in [-0.25, -0.2) is 4.39 Å². The monoisotopic (exact) mass is 194 g/mol. The highest BCUT2D eigenvalue weighted by Crippen LogP contribution is 2.26. The molecule has 0 saturated carbocycles. The summed E-state index contributed by atoms with van der Waals surface area (Å²) < 4.78 is 13.0. The molecule has 0 bridgehead atoms. The van der Waals surface area contributed by atoms with Gasteiger partial charge in [0, 0.05) is 12.2 Å². The molecular formula is C11H15FN2. The average Bonchev–Trinajstić information content (AvgIpc) is 2.17. The van der Waals surface area contributed by atoms with Crippen LogP contribution in [0.25, 0.3) is 0 Å². The number of hydrogen-bond acceptors (Lipinski definition) is 2. The summed E-state index contributed by atoms with van der Waals surface area (Å²) in [6, 6.07) is 4.92. The number of halogens is 1. The molecule has 1 aliphatic heterocycles. The van der Waals surface area contributed by atoms with Crippen LogP contribution in [-0.4, -0.2) is 13.1 Å². The molecular weight excluding hydrogens is 179 g/mol. The van der Waals surface area contributed by atoms with E-state index in [1.54, 1.807) is 6.07 Å². The van der Waals surface area contributed by atoms with Crippen LogP contribution < -0.4 is 11.1 Å². The molecule has 0 saturated heterocycles. The first-order valence-corrected chi connectivity index (χ1v) is 5.02. The van der Waals surface area contributed by atoms with Crippen LogP contribution in [0.1, 0.15) is 12.0 Å². The standard InChI is InChI=1S/C11H15FN2/c12-10-1-2-11-9(6-10)5-8(3-4-13)7-14-11/h1-2,6,8,14H,3-5,7,13H2. The second-order valence-electron chi connectivity index (χ2n) is 3.83. The van der Waals surface area contributed by atoms with Gasteiger partial charge in [-0.1, -0.05) is 0 Å². The largest absolute Gasteiger partial charge is 0.385 e. The molecule has 1 unspecified atom stereocenters. The molecule has 0 aromatic heterocycles. The maximum atomic E-state index is 13.0. The molecule has 0 spiro atoms. The molecule has 0 aliphatic carbocycles. The Balaban J connectivity index is 2.16. The third-order valence-corrected chi connectivity index (χ3v) is 2.73. The summed E-state index contributed by atoms with van der Waals surface area (Å²) >= 11 is 0. The van der Waals surface area contributed by atoms with Gasteiger partial charge in [0.25, 0.3) is 0 Å². The van der Waals surface area contributed by atoms with E-state index in [4.69, 9.17) is 5.73 Å². The van der Waals surface area contributed by atoms with E-state index in [9.17, 15) is 4.39 Å². The van der Waals surface area contributed by atoms with Crippen molar-refractivity contribution in [1.82, 2.24) is 0 Å². The molecule has 3 N–H and O–H groups in total. The second kappa shape index (κ2) is 3.96. The molecule has 1 aromatic rings. The normalized spacial score (nSPS) is 20.0. The maximum Gasteiger partial charge on any atom is 0.123 e. The SMILES string of the molecule is NCCC1CNc2ccc(F)cc2C1. The molecule has 3 heteroatoms. The lowest BCUT2D eigenvalue weighted by atomic mass is 9.91. The smallest absolute Gasteiger partial charge is 0.123 e. The van der Waals surface area contributed by atoms with Crippen LogP contribution >= 0.6 is 0 Å². The number of benzene rings is 1. The Morgan fingerprint density at radius 3 is 3.14 bits per heavy atom. The zero-order valence-corrected chi connectivity index (χ0v) is 8.09. The van der Waals surface area contributed by atoms with Crippen LogP contribution in [0.4, 0.5) is 10.1 Å². The molecule has 0 amide bonds. The molecule has 1 heterocycles. The second-order valence-corrected chi connectivity index (χ2v) is 3.83. The fourth-order valence-corrected chi connectivity index (χ4v) is 1.98. The number of anilines is 1. The molecule has 76 valence electrons. The quantitative estimate of drug-likeness (QED) is 0.752. The summed E-state index contributed by atoms with van der Waals surface area (Å²) in [6.45, 7) is 1.66. The van der Waals surface area contributed by atoms with E-state index >= 15 is 0 Å². The van der Waals surface area contributed by atoms with Gasteiger partial charge in [0.15, 0.2) is 0 Å². The predicted molar refractivity (Wildman–Crippen MR) is 55.8 cm³/mol. The van der Waals surface area contributed by atoms with Gasteiger partial charge in [-0.15, -0.1) is 0 Å². The minimum Gasteiger partial charge on any atom is -0.385 e. The number of nitrogens with two attached hydrogens (primary N) is 1. The molecule has 2 rings (SSSR count). The van der Waals surface area contributed by atoms with Crippen molar-refractivity contribution in [2.45, 2.75) is 12.8 Å². The van der Waals surface area contributed by atoms with Crippen LogP contribution in [0.2, 0.25) is 0 Å². The first-order chi connectivity index (χ1) is 6.79. The van der Waals surface area contributed by atoms with E-state index in [0.717, 1.165) is 30.6 Å². The molecule has 1 aliphatic rings. The van der Waals surface area contributed by atoms with Gasteiger partial charge < -0.3 is 11.1 Å². The number of hydrogen-bond donors (Lipinski definition) is 2. The highest BCUT2D eigenvalue weighted by atomic mass is 19.1. The van der Waals surface area contributed by atoms with Crippen LogP contribution in [0.3, 0.4) is 0 Å². The van der Waals surface area contributed by atoms with Crippen LogP contribution in [0.15, 0.2) is 18.2 Å². The summed E-state index contributed by atoms with van der Waals surface area (Å²) in [6.07, 6.45) is 1.94. The summed E-state index contributed by atoms with van der Waals surface area (Å²) in [5.41, 5.74) is 7.65. The third-order valence-electron chi connectivity index (χ3n) is 2.73. The van der Waals surface area contributed by atoms with Gasteiger partial charge in [0.1, 0.15) is 5.82 Å². The Bertz CT molecular complexity index is 325. The minimum atomic E-state index is -0.154. The molecule has 0 fully saturated rings. The lowest BCUT2D eigenvalue weighted by Gasteiger charge is -2.25. The van der Waals surface area contributed by atoms with Crippen molar-refractivity contribution >= 4 is 5.69 Å². The summed E-state index contributed by atoms with van der Waals surface area (Å²) in [7, 11) is 0. The summed E-state index contributed by atoms with van der Waals surface area (Å²) in [5.74, 6) is 0.397. The molecule has 1 aromatic carbocycles. The summed E-state index contributed by atoms with van der Waals surface area (Å²) in [5, 5.41) is 3.30. The maximum absolute atomic E-state index is 13.0.